The molecular weight excluding hydrogens is 306 g/mol. The lowest BCUT2D eigenvalue weighted by Crippen LogP contribution is -2.49. The summed E-state index contributed by atoms with van der Waals surface area (Å²) >= 11 is 0. The van der Waals surface area contributed by atoms with Crippen molar-refractivity contribution in [3.63, 3.8) is 0 Å². The first-order chi connectivity index (χ1) is 11.6. The number of carbonyl (C=O) groups excluding carboxylic acids is 1. The summed E-state index contributed by atoms with van der Waals surface area (Å²) in [6.45, 7) is 7.62. The first-order valence-electron chi connectivity index (χ1n) is 8.85. The van der Waals surface area contributed by atoms with Crippen molar-refractivity contribution in [1.82, 2.24) is 9.88 Å². The minimum atomic E-state index is -0.0612. The molecule has 0 saturated carbocycles. The highest BCUT2D eigenvalue weighted by Gasteiger charge is 2.38. The number of aryl methyl sites for hydroxylation is 1. The first-order valence-corrected chi connectivity index (χ1v) is 8.85. The zero-order chi connectivity index (χ0) is 17.0. The van der Waals surface area contributed by atoms with Crippen molar-refractivity contribution >= 4 is 11.7 Å². The fourth-order valence-electron chi connectivity index (χ4n) is 3.69. The Morgan fingerprint density at radius 1 is 1.42 bits per heavy atom. The Kier molecular flexibility index (Phi) is 5.23. The second-order valence-corrected chi connectivity index (χ2v) is 6.87. The number of likely N-dealkylation sites (tertiary alicyclic amines) is 1. The molecule has 2 amide bonds. The Bertz CT molecular complexity index is 579. The van der Waals surface area contributed by atoms with Crippen LogP contribution in [0.2, 0.25) is 0 Å². The Morgan fingerprint density at radius 3 is 2.96 bits per heavy atom. The summed E-state index contributed by atoms with van der Waals surface area (Å²) in [6.07, 6.45) is 6.09. The topological polar surface area (TPSA) is 63.7 Å². The number of hydrogen-bond donors (Lipinski definition) is 1. The van der Waals surface area contributed by atoms with E-state index in [9.17, 15) is 4.79 Å². The number of rotatable bonds is 3. The van der Waals surface area contributed by atoms with Crippen LogP contribution < -0.4 is 10.1 Å². The first kappa shape index (κ1) is 17.0. The third kappa shape index (κ3) is 3.80. The van der Waals surface area contributed by atoms with Gasteiger partial charge in [0.05, 0.1) is 6.61 Å². The molecule has 0 bridgehead atoms. The molecule has 1 aromatic rings. The number of pyridine rings is 1. The molecule has 6 nitrogen and oxygen atoms in total. The van der Waals surface area contributed by atoms with Gasteiger partial charge in [0.1, 0.15) is 5.69 Å². The number of piperidine rings is 1. The van der Waals surface area contributed by atoms with Gasteiger partial charge < -0.3 is 19.7 Å². The van der Waals surface area contributed by atoms with Crippen molar-refractivity contribution in [3.8, 4) is 5.88 Å². The Balaban J connectivity index is 1.69. The molecule has 2 saturated heterocycles. The molecule has 6 heteroatoms. The molecule has 1 spiro atoms. The number of nitrogens with one attached hydrogen (secondary N) is 1. The molecule has 0 radical (unpaired) electrons. The van der Waals surface area contributed by atoms with Crippen LogP contribution >= 0.6 is 0 Å². The highest BCUT2D eigenvalue weighted by Crippen LogP contribution is 2.39. The summed E-state index contributed by atoms with van der Waals surface area (Å²) in [5.41, 5.74) is 1.88. The summed E-state index contributed by atoms with van der Waals surface area (Å²) in [4.78, 5) is 19.0. The fraction of sp³-hybridized carbons (Fsp3) is 0.667. The van der Waals surface area contributed by atoms with E-state index in [1.165, 1.54) is 6.42 Å². The zero-order valence-corrected chi connectivity index (χ0v) is 14.6. The van der Waals surface area contributed by atoms with E-state index >= 15 is 0 Å². The minimum absolute atomic E-state index is 0.0612. The van der Waals surface area contributed by atoms with Crippen LogP contribution in [0.25, 0.3) is 0 Å². The molecule has 0 aliphatic carbocycles. The molecule has 1 N–H and O–H groups in total. The summed E-state index contributed by atoms with van der Waals surface area (Å²) < 4.78 is 11.0. The molecular formula is C18H27N3O3. The molecule has 132 valence electrons. The maximum absolute atomic E-state index is 12.8. The molecule has 2 aliphatic heterocycles. The van der Waals surface area contributed by atoms with Gasteiger partial charge in [0, 0.05) is 32.5 Å². The number of carbonyl (C=O) groups is 1. The van der Waals surface area contributed by atoms with Gasteiger partial charge in [0.25, 0.3) is 0 Å². The van der Waals surface area contributed by atoms with Gasteiger partial charge in [-0.25, -0.2) is 9.78 Å². The van der Waals surface area contributed by atoms with Gasteiger partial charge in [-0.05, 0) is 56.6 Å². The van der Waals surface area contributed by atoms with Crippen LogP contribution in [0.3, 0.4) is 0 Å². The van der Waals surface area contributed by atoms with Crippen LogP contribution in [0.4, 0.5) is 10.5 Å². The Morgan fingerprint density at radius 2 is 2.21 bits per heavy atom. The van der Waals surface area contributed by atoms with Crippen LogP contribution in [-0.2, 0) is 4.74 Å². The van der Waals surface area contributed by atoms with Crippen molar-refractivity contribution in [3.05, 3.63) is 17.8 Å². The average molecular weight is 333 g/mol. The second kappa shape index (κ2) is 7.38. The van der Waals surface area contributed by atoms with E-state index in [4.69, 9.17) is 9.47 Å². The molecule has 1 aromatic heterocycles. The number of anilines is 1. The van der Waals surface area contributed by atoms with Crippen LogP contribution in [0, 0.1) is 12.3 Å². The predicted octanol–water partition coefficient (Wildman–Crippen LogP) is 3.21. The molecule has 0 atom stereocenters. The number of ether oxygens (including phenoxy) is 2. The lowest BCUT2D eigenvalue weighted by atomic mass is 9.74. The summed E-state index contributed by atoms with van der Waals surface area (Å²) in [6, 6.07) is 1.85. The number of nitrogens with zero attached hydrogens (tertiary/aromatic N) is 2. The number of amides is 2. The highest BCUT2D eigenvalue weighted by atomic mass is 16.5. The maximum Gasteiger partial charge on any atom is 0.322 e. The van der Waals surface area contributed by atoms with E-state index in [0.717, 1.165) is 51.1 Å². The van der Waals surface area contributed by atoms with Crippen molar-refractivity contribution in [2.24, 2.45) is 5.41 Å². The Labute approximate surface area is 143 Å². The van der Waals surface area contributed by atoms with Gasteiger partial charge in [-0.15, -0.1) is 0 Å². The molecule has 0 aromatic carbocycles. The zero-order valence-electron chi connectivity index (χ0n) is 14.6. The lowest BCUT2D eigenvalue weighted by molar-refractivity contribution is -0.0175. The van der Waals surface area contributed by atoms with Gasteiger partial charge >= 0.3 is 6.03 Å². The molecule has 2 aliphatic rings. The monoisotopic (exact) mass is 333 g/mol. The van der Waals surface area contributed by atoms with Gasteiger partial charge in [-0.2, -0.15) is 0 Å². The third-order valence-electron chi connectivity index (χ3n) is 5.01. The van der Waals surface area contributed by atoms with Gasteiger partial charge in [0.2, 0.25) is 5.88 Å². The van der Waals surface area contributed by atoms with Crippen molar-refractivity contribution in [2.45, 2.75) is 39.5 Å². The normalized spacial score (nSPS) is 20.0. The third-order valence-corrected chi connectivity index (χ3v) is 5.01. The van der Waals surface area contributed by atoms with E-state index in [-0.39, 0.29) is 11.4 Å². The van der Waals surface area contributed by atoms with E-state index in [1.54, 1.807) is 6.20 Å². The highest BCUT2D eigenvalue weighted by molar-refractivity contribution is 5.90. The van der Waals surface area contributed by atoms with Crippen molar-refractivity contribution in [1.29, 1.82) is 0 Å². The largest absolute Gasteiger partial charge is 0.476 e. The molecule has 2 fully saturated rings. The fourth-order valence-corrected chi connectivity index (χ4v) is 3.69. The van der Waals surface area contributed by atoms with E-state index < -0.39 is 0 Å². The maximum atomic E-state index is 12.8. The smallest absolute Gasteiger partial charge is 0.322 e. The number of urea groups is 1. The molecule has 3 rings (SSSR count). The van der Waals surface area contributed by atoms with Gasteiger partial charge in [-0.1, -0.05) is 0 Å². The van der Waals surface area contributed by atoms with Crippen LogP contribution in [0.15, 0.2) is 12.3 Å². The average Bonchev–Trinajstić information content (AvgIpc) is 2.58. The quantitative estimate of drug-likeness (QED) is 0.922. The van der Waals surface area contributed by atoms with Crippen molar-refractivity contribution < 1.29 is 14.3 Å². The summed E-state index contributed by atoms with van der Waals surface area (Å²) in [7, 11) is 0. The molecule has 24 heavy (non-hydrogen) atoms. The van der Waals surface area contributed by atoms with Crippen LogP contribution in [0.1, 0.15) is 38.2 Å². The summed E-state index contributed by atoms with van der Waals surface area (Å²) in [5.74, 6) is 0.481. The standard InChI is InChI=1S/C18H27N3O3/c1-3-24-16-15(11-14(2)12-19-16)20-17(22)21-8-4-5-18(13-21)6-9-23-10-7-18/h11-12H,3-10,13H2,1-2H3,(H,20,22). The SMILES string of the molecule is CCOc1ncc(C)cc1NC(=O)N1CCCC2(CCOCC2)C1. The van der Waals surface area contributed by atoms with E-state index in [2.05, 4.69) is 10.3 Å². The van der Waals surface area contributed by atoms with E-state index in [0.29, 0.717) is 18.2 Å². The van der Waals surface area contributed by atoms with Gasteiger partial charge in [-0.3, -0.25) is 0 Å². The lowest BCUT2D eigenvalue weighted by Gasteiger charge is -2.45. The van der Waals surface area contributed by atoms with E-state index in [1.807, 2.05) is 24.8 Å². The molecule has 0 unspecified atom stereocenters. The van der Waals surface area contributed by atoms with Crippen molar-refractivity contribution in [2.75, 3.05) is 38.2 Å². The van der Waals surface area contributed by atoms with Gasteiger partial charge in [0.15, 0.2) is 0 Å². The second-order valence-electron chi connectivity index (χ2n) is 6.87. The Hall–Kier alpha value is -1.82. The molecule has 3 heterocycles. The predicted molar refractivity (Wildman–Crippen MR) is 92.5 cm³/mol. The number of hydrogen-bond acceptors (Lipinski definition) is 4. The summed E-state index contributed by atoms with van der Waals surface area (Å²) in [5, 5.41) is 3.00. The number of aromatic nitrogens is 1. The minimum Gasteiger partial charge on any atom is -0.476 e. The van der Waals surface area contributed by atoms with Crippen LogP contribution in [-0.4, -0.2) is 48.8 Å². The van der Waals surface area contributed by atoms with Crippen LogP contribution in [0.5, 0.6) is 5.88 Å².